The number of hydrogen-bond acceptors (Lipinski definition) is 1. The maximum atomic E-state index is 9.75. The van der Waals surface area contributed by atoms with E-state index in [1.165, 1.54) is 19.8 Å². The van der Waals surface area contributed by atoms with E-state index in [4.69, 9.17) is 5.26 Å². The SMILES string of the molecule is CC#N.CCCC[n+]1ccn(C)c1.F[B-](F)(F)F. The lowest BCUT2D eigenvalue weighted by Gasteiger charge is -1.94. The third-order valence-corrected chi connectivity index (χ3v) is 1.59. The van der Waals surface area contributed by atoms with E-state index in [9.17, 15) is 17.3 Å². The molecule has 104 valence electrons. The first-order chi connectivity index (χ1) is 8.24. The van der Waals surface area contributed by atoms with Crippen LogP contribution in [0.1, 0.15) is 26.7 Å². The molecule has 0 fully saturated rings. The Labute approximate surface area is 105 Å². The van der Waals surface area contributed by atoms with Crippen LogP contribution < -0.4 is 4.57 Å². The number of rotatable bonds is 3. The molecule has 1 heterocycles. The van der Waals surface area contributed by atoms with Gasteiger partial charge in [-0.2, -0.15) is 5.26 Å². The lowest BCUT2D eigenvalue weighted by atomic mass is 10.3. The van der Waals surface area contributed by atoms with Crippen LogP contribution in [0.3, 0.4) is 0 Å². The Balaban J connectivity index is 0. The molecular formula is C10H18BF4N3. The summed E-state index contributed by atoms with van der Waals surface area (Å²) < 4.78 is 43.3. The van der Waals surface area contributed by atoms with Gasteiger partial charge in [-0.05, 0) is 6.42 Å². The largest absolute Gasteiger partial charge is 0.673 e. The van der Waals surface area contributed by atoms with Crippen LogP contribution in [0.5, 0.6) is 0 Å². The highest BCUT2D eigenvalue weighted by Gasteiger charge is 2.20. The molecule has 1 aromatic heterocycles. The van der Waals surface area contributed by atoms with E-state index in [1.807, 2.05) is 7.05 Å². The van der Waals surface area contributed by atoms with Crippen LogP contribution in [-0.2, 0) is 13.6 Å². The highest BCUT2D eigenvalue weighted by molar-refractivity contribution is 6.50. The van der Waals surface area contributed by atoms with Crippen LogP contribution in [0, 0.1) is 11.3 Å². The summed E-state index contributed by atoms with van der Waals surface area (Å²) in [6, 6.07) is 1.75. The van der Waals surface area contributed by atoms with Crippen molar-refractivity contribution >= 4 is 7.25 Å². The Morgan fingerprint density at radius 1 is 1.33 bits per heavy atom. The third-order valence-electron chi connectivity index (χ3n) is 1.59. The zero-order valence-electron chi connectivity index (χ0n) is 10.8. The number of hydrogen-bond donors (Lipinski definition) is 0. The molecule has 0 radical (unpaired) electrons. The van der Waals surface area contributed by atoms with Gasteiger partial charge >= 0.3 is 7.25 Å². The van der Waals surface area contributed by atoms with Gasteiger partial charge in [-0.1, -0.05) is 13.3 Å². The van der Waals surface area contributed by atoms with E-state index in [2.05, 4.69) is 34.8 Å². The monoisotopic (exact) mass is 267 g/mol. The summed E-state index contributed by atoms with van der Waals surface area (Å²) in [5.74, 6) is 0. The zero-order valence-corrected chi connectivity index (χ0v) is 10.8. The average Bonchev–Trinajstić information content (AvgIpc) is 2.60. The minimum atomic E-state index is -6.00. The summed E-state index contributed by atoms with van der Waals surface area (Å²) in [6.45, 7) is 4.79. The predicted octanol–water partition coefficient (Wildman–Crippen LogP) is 2.94. The number of nitriles is 1. The van der Waals surface area contributed by atoms with Crippen molar-refractivity contribution in [3.8, 4) is 6.07 Å². The summed E-state index contributed by atoms with van der Waals surface area (Å²) in [7, 11) is -3.96. The summed E-state index contributed by atoms with van der Waals surface area (Å²) in [5, 5.41) is 7.32. The maximum absolute atomic E-state index is 9.75. The van der Waals surface area contributed by atoms with Gasteiger partial charge < -0.3 is 17.3 Å². The smallest absolute Gasteiger partial charge is 0.418 e. The van der Waals surface area contributed by atoms with Gasteiger partial charge in [0.15, 0.2) is 0 Å². The quantitative estimate of drug-likeness (QED) is 0.470. The lowest BCUT2D eigenvalue weighted by molar-refractivity contribution is -0.696. The molecule has 0 N–H and O–H groups in total. The van der Waals surface area contributed by atoms with Gasteiger partial charge in [-0.3, -0.25) is 0 Å². The Hall–Kier alpha value is -1.52. The van der Waals surface area contributed by atoms with E-state index in [1.54, 1.807) is 6.07 Å². The number of nitrogens with zero attached hydrogens (tertiary/aromatic N) is 3. The highest BCUT2D eigenvalue weighted by Crippen LogP contribution is 2.06. The second-order valence-electron chi connectivity index (χ2n) is 3.39. The Kier molecular flexibility index (Phi) is 11.1. The van der Waals surface area contributed by atoms with E-state index in [0.29, 0.717) is 0 Å². The molecule has 3 nitrogen and oxygen atoms in total. The van der Waals surface area contributed by atoms with Gasteiger partial charge in [0.1, 0.15) is 12.4 Å². The second-order valence-corrected chi connectivity index (χ2v) is 3.39. The molecule has 1 rings (SSSR count). The van der Waals surface area contributed by atoms with E-state index < -0.39 is 7.25 Å². The molecule has 0 bridgehead atoms. The van der Waals surface area contributed by atoms with Crippen molar-refractivity contribution < 1.29 is 21.8 Å². The van der Waals surface area contributed by atoms with E-state index >= 15 is 0 Å². The molecule has 0 aliphatic heterocycles. The molecule has 18 heavy (non-hydrogen) atoms. The highest BCUT2D eigenvalue weighted by atomic mass is 19.5. The fourth-order valence-corrected chi connectivity index (χ4v) is 0.975. The van der Waals surface area contributed by atoms with Crippen molar-refractivity contribution in [3.05, 3.63) is 18.7 Å². The van der Waals surface area contributed by atoms with Crippen molar-refractivity contribution in [2.24, 2.45) is 7.05 Å². The summed E-state index contributed by atoms with van der Waals surface area (Å²) in [6.07, 6.45) is 8.82. The molecule has 0 unspecified atom stereocenters. The first-order valence-corrected chi connectivity index (χ1v) is 5.43. The molecular weight excluding hydrogens is 249 g/mol. The summed E-state index contributed by atoms with van der Waals surface area (Å²) in [4.78, 5) is 0. The first kappa shape index (κ1) is 18.8. The van der Waals surface area contributed by atoms with Gasteiger partial charge in [0.05, 0.1) is 19.7 Å². The van der Waals surface area contributed by atoms with Crippen LogP contribution >= 0.6 is 0 Å². The standard InChI is InChI=1S/C8H15N2.C2H3N.BF4/c1-3-4-5-10-7-6-9(2)8-10;1-2-3;2-1(3,4)5/h6-8H,3-5H2,1-2H3;1H3;/q+1;;-1. The normalized spacial score (nSPS) is 9.44. The van der Waals surface area contributed by atoms with Gasteiger partial charge in [-0.25, -0.2) is 9.13 Å². The van der Waals surface area contributed by atoms with Crippen molar-refractivity contribution in [1.29, 1.82) is 5.26 Å². The van der Waals surface area contributed by atoms with Crippen molar-refractivity contribution in [1.82, 2.24) is 4.57 Å². The number of imidazole rings is 1. The van der Waals surface area contributed by atoms with Crippen LogP contribution in [0.25, 0.3) is 0 Å². The maximum Gasteiger partial charge on any atom is 0.673 e. The molecule has 8 heteroatoms. The van der Waals surface area contributed by atoms with Gasteiger partial charge in [0.25, 0.3) is 0 Å². The van der Waals surface area contributed by atoms with Crippen molar-refractivity contribution in [2.45, 2.75) is 33.2 Å². The first-order valence-electron chi connectivity index (χ1n) is 5.43. The van der Waals surface area contributed by atoms with Gasteiger partial charge in [0.2, 0.25) is 6.33 Å². The molecule has 0 amide bonds. The van der Waals surface area contributed by atoms with Gasteiger partial charge in [0, 0.05) is 6.92 Å². The second kappa shape index (κ2) is 10.6. The van der Waals surface area contributed by atoms with Gasteiger partial charge in [-0.15, -0.1) is 0 Å². The van der Waals surface area contributed by atoms with Crippen LogP contribution in [0.2, 0.25) is 0 Å². The number of aromatic nitrogens is 2. The topological polar surface area (TPSA) is 32.6 Å². The Bertz CT molecular complexity index is 338. The molecule has 0 saturated heterocycles. The molecule has 0 spiro atoms. The molecule has 0 aromatic carbocycles. The number of aryl methyl sites for hydroxylation is 2. The number of unbranched alkanes of at least 4 members (excludes halogenated alkanes) is 1. The molecule has 1 aromatic rings. The third kappa shape index (κ3) is 20.0. The fourth-order valence-electron chi connectivity index (χ4n) is 0.975. The van der Waals surface area contributed by atoms with E-state index in [-0.39, 0.29) is 0 Å². The Morgan fingerprint density at radius 2 is 1.78 bits per heavy atom. The fraction of sp³-hybridized carbons (Fsp3) is 0.600. The molecule has 0 aliphatic rings. The zero-order chi connectivity index (χ0) is 14.6. The molecule has 0 atom stereocenters. The summed E-state index contributed by atoms with van der Waals surface area (Å²) >= 11 is 0. The average molecular weight is 267 g/mol. The minimum absolute atomic E-state index is 1.15. The molecule has 0 saturated carbocycles. The van der Waals surface area contributed by atoms with Crippen LogP contribution in [0.4, 0.5) is 17.3 Å². The van der Waals surface area contributed by atoms with Crippen molar-refractivity contribution in [3.63, 3.8) is 0 Å². The van der Waals surface area contributed by atoms with E-state index in [0.717, 1.165) is 6.54 Å². The number of halogens is 4. The Morgan fingerprint density at radius 3 is 2.06 bits per heavy atom. The van der Waals surface area contributed by atoms with Crippen LogP contribution in [-0.4, -0.2) is 11.8 Å². The predicted molar refractivity (Wildman–Crippen MR) is 62.0 cm³/mol. The summed E-state index contributed by atoms with van der Waals surface area (Å²) in [5.41, 5.74) is 0. The lowest BCUT2D eigenvalue weighted by Crippen LogP contribution is -2.30. The van der Waals surface area contributed by atoms with Crippen molar-refractivity contribution in [2.75, 3.05) is 0 Å². The molecule has 0 aliphatic carbocycles. The van der Waals surface area contributed by atoms with Crippen LogP contribution in [0.15, 0.2) is 18.7 Å². The minimum Gasteiger partial charge on any atom is -0.418 e.